The minimum atomic E-state index is -1.50. The largest absolute Gasteiger partial charge is 0.490 e. The molecular formula is C32H33FN2O6. The Morgan fingerprint density at radius 2 is 1.98 bits per heavy atom. The Balaban J connectivity index is 1.78. The van der Waals surface area contributed by atoms with E-state index >= 15 is 4.39 Å². The number of aliphatic carboxylic acids is 1. The molecule has 41 heavy (non-hydrogen) atoms. The maximum atomic E-state index is 15.5. The van der Waals surface area contributed by atoms with E-state index in [9.17, 15) is 14.7 Å². The number of hydrogen-bond donors (Lipinski definition) is 1. The van der Waals surface area contributed by atoms with Crippen molar-refractivity contribution >= 4 is 16.7 Å². The highest BCUT2D eigenvalue weighted by atomic mass is 19.1. The third kappa shape index (κ3) is 5.54. The molecule has 0 radical (unpaired) electrons. The van der Waals surface area contributed by atoms with Crippen LogP contribution >= 0.6 is 0 Å². The fraction of sp³-hybridized carbons (Fsp3) is 0.344. The molecule has 4 aromatic rings. The first kappa shape index (κ1) is 28.3. The highest BCUT2D eigenvalue weighted by molar-refractivity contribution is 6.00. The number of rotatable bonds is 7. The zero-order valence-corrected chi connectivity index (χ0v) is 23.8. The van der Waals surface area contributed by atoms with E-state index in [0.29, 0.717) is 40.7 Å². The molecule has 0 fully saturated rings. The summed E-state index contributed by atoms with van der Waals surface area (Å²) < 4.78 is 34.4. The van der Waals surface area contributed by atoms with E-state index in [1.165, 1.54) is 17.7 Å². The van der Waals surface area contributed by atoms with E-state index in [1.807, 2.05) is 25.1 Å². The summed E-state index contributed by atoms with van der Waals surface area (Å²) >= 11 is 0. The number of nitrogens with zero attached hydrogens (tertiary/aromatic N) is 2. The highest BCUT2D eigenvalue weighted by Crippen LogP contribution is 2.43. The van der Waals surface area contributed by atoms with E-state index in [4.69, 9.17) is 14.2 Å². The molecule has 2 aromatic heterocycles. The standard InChI is InChI=1S/C32H33FN2O6/c1-18-21-10-8-14-39-28(21)25(33)16-23(18)26-22-12-11-20(40-17-19-9-6-7-13-34-19)15-24(22)30(36)35(5)27(26)29(31(37)38)41-32(2,3)4/h6-7,9,11-13,15-16,29H,8,10,14,17H2,1-5H3,(H,37,38)/t29-/m0/s1. The monoisotopic (exact) mass is 560 g/mol. The molecule has 0 saturated carbocycles. The molecule has 9 heteroatoms. The predicted octanol–water partition coefficient (Wildman–Crippen LogP) is 5.89. The van der Waals surface area contributed by atoms with Crippen LogP contribution in [-0.4, -0.2) is 32.8 Å². The van der Waals surface area contributed by atoms with Gasteiger partial charge >= 0.3 is 5.97 Å². The quantitative estimate of drug-likeness (QED) is 0.301. The molecule has 3 heterocycles. The highest BCUT2D eigenvalue weighted by Gasteiger charge is 2.34. The molecule has 0 spiro atoms. The Morgan fingerprint density at radius 3 is 2.66 bits per heavy atom. The van der Waals surface area contributed by atoms with Crippen molar-refractivity contribution in [3.63, 3.8) is 0 Å². The molecule has 0 unspecified atom stereocenters. The van der Waals surface area contributed by atoms with Gasteiger partial charge in [0.05, 0.1) is 29.0 Å². The summed E-state index contributed by atoms with van der Waals surface area (Å²) in [5.74, 6) is -1.13. The molecule has 8 nitrogen and oxygen atoms in total. The van der Waals surface area contributed by atoms with Crippen LogP contribution in [0.15, 0.2) is 53.5 Å². The van der Waals surface area contributed by atoms with E-state index in [2.05, 4.69) is 4.98 Å². The van der Waals surface area contributed by atoms with Gasteiger partial charge in [-0.25, -0.2) is 9.18 Å². The first-order valence-corrected chi connectivity index (χ1v) is 13.5. The van der Waals surface area contributed by atoms with E-state index in [-0.39, 0.29) is 18.1 Å². The van der Waals surface area contributed by atoms with E-state index in [1.54, 1.807) is 45.2 Å². The summed E-state index contributed by atoms with van der Waals surface area (Å²) in [5.41, 5.74) is 1.97. The first-order valence-electron chi connectivity index (χ1n) is 13.5. The molecule has 0 saturated heterocycles. The molecule has 5 rings (SSSR count). The second-order valence-corrected chi connectivity index (χ2v) is 11.2. The van der Waals surface area contributed by atoms with Gasteiger partial charge in [0.25, 0.3) is 5.56 Å². The van der Waals surface area contributed by atoms with Crippen molar-refractivity contribution in [1.82, 2.24) is 9.55 Å². The Morgan fingerprint density at radius 1 is 1.20 bits per heavy atom. The molecule has 1 N–H and O–H groups in total. The third-order valence-corrected chi connectivity index (χ3v) is 7.18. The summed E-state index contributed by atoms with van der Waals surface area (Å²) in [6, 6.07) is 11.9. The summed E-state index contributed by atoms with van der Waals surface area (Å²) in [6.07, 6.45) is 1.53. The Kier molecular flexibility index (Phi) is 7.57. The maximum absolute atomic E-state index is 15.5. The number of aromatic nitrogens is 2. The van der Waals surface area contributed by atoms with Crippen molar-refractivity contribution < 1.29 is 28.5 Å². The smallest absolute Gasteiger partial charge is 0.339 e. The van der Waals surface area contributed by atoms with Gasteiger partial charge in [0.15, 0.2) is 17.7 Å². The van der Waals surface area contributed by atoms with Crippen LogP contribution in [0, 0.1) is 12.7 Å². The van der Waals surface area contributed by atoms with E-state index in [0.717, 1.165) is 23.2 Å². The zero-order valence-electron chi connectivity index (χ0n) is 23.8. The molecule has 0 aliphatic carbocycles. The summed E-state index contributed by atoms with van der Waals surface area (Å²) in [5, 5.41) is 11.1. The van der Waals surface area contributed by atoms with Crippen LogP contribution in [0.5, 0.6) is 11.5 Å². The minimum Gasteiger partial charge on any atom is -0.490 e. The van der Waals surface area contributed by atoms with Crippen LogP contribution in [0.1, 0.15) is 55.8 Å². The topological polar surface area (TPSA) is 99.9 Å². The number of carbonyl (C=O) groups is 1. The first-order chi connectivity index (χ1) is 19.5. The normalized spacial score (nSPS) is 13.9. The van der Waals surface area contributed by atoms with Crippen LogP contribution in [0.25, 0.3) is 21.9 Å². The van der Waals surface area contributed by atoms with Gasteiger partial charge in [0.1, 0.15) is 12.4 Å². The van der Waals surface area contributed by atoms with Crippen molar-refractivity contribution in [2.45, 2.75) is 58.8 Å². The van der Waals surface area contributed by atoms with Crippen LogP contribution in [0.2, 0.25) is 0 Å². The number of ether oxygens (including phenoxy) is 3. The van der Waals surface area contributed by atoms with Gasteiger partial charge in [-0.15, -0.1) is 0 Å². The van der Waals surface area contributed by atoms with Gasteiger partial charge in [0.2, 0.25) is 0 Å². The molecular weight excluding hydrogens is 527 g/mol. The van der Waals surface area contributed by atoms with E-state index < -0.39 is 29.1 Å². The Bertz CT molecular complexity index is 1690. The average molecular weight is 561 g/mol. The Labute approximate surface area is 237 Å². The van der Waals surface area contributed by atoms with Crippen LogP contribution < -0.4 is 15.0 Å². The summed E-state index contributed by atoms with van der Waals surface area (Å²) in [4.78, 5) is 30.7. The number of hydrogen-bond acceptors (Lipinski definition) is 6. The number of halogens is 1. The maximum Gasteiger partial charge on any atom is 0.339 e. The molecule has 1 aliphatic rings. The second kappa shape index (κ2) is 11.0. The second-order valence-electron chi connectivity index (χ2n) is 11.2. The lowest BCUT2D eigenvalue weighted by molar-refractivity contribution is -0.161. The minimum absolute atomic E-state index is 0.131. The number of pyridine rings is 2. The van der Waals surface area contributed by atoms with Crippen molar-refractivity contribution in [2.24, 2.45) is 7.05 Å². The van der Waals surface area contributed by atoms with Crippen molar-refractivity contribution in [3.05, 3.63) is 87.3 Å². The van der Waals surface area contributed by atoms with Gasteiger partial charge in [-0.1, -0.05) is 6.07 Å². The van der Waals surface area contributed by atoms with Gasteiger partial charge in [-0.05, 0) is 93.4 Å². The van der Waals surface area contributed by atoms with Crippen LogP contribution in [0.3, 0.4) is 0 Å². The third-order valence-electron chi connectivity index (χ3n) is 7.18. The number of benzene rings is 2. The van der Waals surface area contributed by atoms with Gasteiger partial charge < -0.3 is 23.9 Å². The van der Waals surface area contributed by atoms with Crippen molar-refractivity contribution in [1.29, 1.82) is 0 Å². The van der Waals surface area contributed by atoms with Gasteiger partial charge in [-0.2, -0.15) is 0 Å². The molecule has 1 aliphatic heterocycles. The average Bonchev–Trinajstić information content (AvgIpc) is 2.95. The zero-order chi connectivity index (χ0) is 29.5. The fourth-order valence-corrected chi connectivity index (χ4v) is 5.33. The number of fused-ring (bicyclic) bond motifs is 2. The summed E-state index contributed by atoms with van der Waals surface area (Å²) in [6.45, 7) is 7.73. The molecule has 1 atom stereocenters. The molecule has 0 bridgehead atoms. The number of carboxylic acid groups (broad SMARTS) is 1. The predicted molar refractivity (Wildman–Crippen MR) is 153 cm³/mol. The SMILES string of the molecule is Cc1c(-c2c([C@H](OC(C)(C)C)C(=O)O)n(C)c(=O)c3cc(OCc4ccccn4)ccc23)cc(F)c2c1CCCO2. The lowest BCUT2D eigenvalue weighted by Gasteiger charge is -2.29. The van der Waals surface area contributed by atoms with Gasteiger partial charge in [-0.3, -0.25) is 9.78 Å². The van der Waals surface area contributed by atoms with Crippen LogP contribution in [0.4, 0.5) is 4.39 Å². The van der Waals surface area contributed by atoms with Crippen molar-refractivity contribution in [2.75, 3.05) is 6.61 Å². The fourth-order valence-electron chi connectivity index (χ4n) is 5.33. The number of carboxylic acids is 1. The molecule has 2 aromatic carbocycles. The lowest BCUT2D eigenvalue weighted by atomic mass is 9.87. The molecule has 214 valence electrons. The van der Waals surface area contributed by atoms with Crippen molar-refractivity contribution in [3.8, 4) is 22.6 Å². The lowest BCUT2D eigenvalue weighted by Crippen LogP contribution is -2.33. The molecule has 0 amide bonds. The van der Waals surface area contributed by atoms with Crippen LogP contribution in [-0.2, 0) is 29.6 Å². The Hall–Kier alpha value is -4.24. The van der Waals surface area contributed by atoms with Gasteiger partial charge in [0, 0.05) is 24.4 Å². The summed E-state index contributed by atoms with van der Waals surface area (Å²) in [7, 11) is 1.51.